The zero-order chi connectivity index (χ0) is 21.3. The van der Waals surface area contributed by atoms with Gasteiger partial charge in [0.1, 0.15) is 11.6 Å². The summed E-state index contributed by atoms with van der Waals surface area (Å²) >= 11 is 5.40. The predicted octanol–water partition coefficient (Wildman–Crippen LogP) is 4.63. The topological polar surface area (TPSA) is 49.6 Å². The van der Waals surface area contributed by atoms with E-state index in [0.717, 1.165) is 28.4 Å². The van der Waals surface area contributed by atoms with Gasteiger partial charge in [0, 0.05) is 24.7 Å². The summed E-state index contributed by atoms with van der Waals surface area (Å²) in [4.78, 5) is 15.1. The van der Waals surface area contributed by atoms with Crippen LogP contribution in [0.2, 0.25) is 0 Å². The van der Waals surface area contributed by atoms with E-state index < -0.39 is 17.2 Å². The van der Waals surface area contributed by atoms with E-state index in [1.807, 2.05) is 43.0 Å². The van der Waals surface area contributed by atoms with Gasteiger partial charge in [-0.25, -0.2) is 14.6 Å². The van der Waals surface area contributed by atoms with Gasteiger partial charge in [0.2, 0.25) is 5.91 Å². The van der Waals surface area contributed by atoms with Crippen molar-refractivity contribution >= 4 is 28.8 Å². The molecule has 0 saturated carbocycles. The number of para-hydroxylation sites is 1. The molecule has 0 aliphatic carbocycles. The van der Waals surface area contributed by atoms with Crippen LogP contribution in [-0.4, -0.2) is 22.4 Å². The van der Waals surface area contributed by atoms with Gasteiger partial charge in [-0.3, -0.25) is 9.80 Å². The first-order valence-corrected chi connectivity index (χ1v) is 9.96. The van der Waals surface area contributed by atoms with Crippen LogP contribution in [0.3, 0.4) is 0 Å². The smallest absolute Gasteiger partial charge is 0.234 e. The van der Waals surface area contributed by atoms with Crippen LogP contribution in [0.15, 0.2) is 42.5 Å². The molecule has 0 aromatic heterocycles. The number of benzene rings is 2. The Labute approximate surface area is 175 Å². The Bertz CT molecular complexity index is 951. The Hall–Kier alpha value is -2.38. The number of fused-ring (bicyclic) bond motifs is 1. The zero-order valence-electron chi connectivity index (χ0n) is 16.8. The molecule has 2 aromatic carbocycles. The molecule has 3 rings (SSSR count). The monoisotopic (exact) mass is 417 g/mol. The molecule has 2 N–H and O–H groups in total. The molecule has 2 unspecified atom stereocenters. The molecule has 0 spiro atoms. The van der Waals surface area contributed by atoms with Crippen molar-refractivity contribution in [2.75, 3.05) is 11.4 Å². The summed E-state index contributed by atoms with van der Waals surface area (Å²) < 4.78 is 28.2. The highest BCUT2D eigenvalue weighted by atomic mass is 32.1. The fraction of sp³-hybridized carbons (Fsp3) is 0.364. The molecule has 4 nitrogen and oxygen atoms in total. The number of halogens is 2. The van der Waals surface area contributed by atoms with E-state index in [2.05, 4.69) is 0 Å². The van der Waals surface area contributed by atoms with Crippen molar-refractivity contribution < 1.29 is 13.6 Å². The number of carbonyl (C=O) groups excluding carboxylic acids is 1. The van der Waals surface area contributed by atoms with Gasteiger partial charge in [0.05, 0.1) is 10.5 Å². The molecule has 7 heteroatoms. The number of hydrazine groups is 1. The van der Waals surface area contributed by atoms with E-state index in [1.165, 1.54) is 18.0 Å². The summed E-state index contributed by atoms with van der Waals surface area (Å²) in [6.45, 7) is 5.67. The maximum atomic E-state index is 14.4. The zero-order valence-corrected chi connectivity index (χ0v) is 17.6. The number of hydrogen-bond donors (Lipinski definition) is 1. The second-order valence-electron chi connectivity index (χ2n) is 7.63. The number of anilines is 1. The molecular formula is C22H25F2N3OS. The summed E-state index contributed by atoms with van der Waals surface area (Å²) in [6.07, 6.45) is 0.875. The Morgan fingerprint density at radius 1 is 1.28 bits per heavy atom. The van der Waals surface area contributed by atoms with E-state index in [4.69, 9.17) is 18.1 Å². The second-order valence-corrected chi connectivity index (χ2v) is 8.22. The first kappa shape index (κ1) is 21.3. The van der Waals surface area contributed by atoms with Crippen LogP contribution in [0.1, 0.15) is 50.7 Å². The van der Waals surface area contributed by atoms with Crippen molar-refractivity contribution in [3.05, 3.63) is 65.2 Å². The molecule has 154 valence electrons. The Morgan fingerprint density at radius 2 is 1.97 bits per heavy atom. The Kier molecular flexibility index (Phi) is 6.00. The molecule has 0 radical (unpaired) electrons. The average Bonchev–Trinajstić information content (AvgIpc) is 2.68. The van der Waals surface area contributed by atoms with Crippen LogP contribution in [0.25, 0.3) is 0 Å². The van der Waals surface area contributed by atoms with Crippen LogP contribution >= 0.6 is 12.2 Å². The van der Waals surface area contributed by atoms with Crippen LogP contribution in [0.4, 0.5) is 14.5 Å². The number of nitrogens with zero attached hydrogens (tertiary/aromatic N) is 2. The van der Waals surface area contributed by atoms with Crippen molar-refractivity contribution in [3.63, 3.8) is 0 Å². The SMILES string of the molecule is CC(=O)N(N)C1(CC(C)c2cc(F)ccc2F)CCN(C(C)=S)c2ccccc21. The third-order valence-corrected chi connectivity index (χ3v) is 5.98. The van der Waals surface area contributed by atoms with E-state index in [0.29, 0.717) is 19.4 Å². The lowest BCUT2D eigenvalue weighted by atomic mass is 9.74. The normalized spacial score (nSPS) is 19.4. The molecule has 1 amide bonds. The van der Waals surface area contributed by atoms with E-state index in [9.17, 15) is 13.6 Å². The highest BCUT2D eigenvalue weighted by Gasteiger charge is 2.45. The number of amides is 1. The summed E-state index contributed by atoms with van der Waals surface area (Å²) in [5.74, 6) is 4.69. The molecule has 1 aliphatic rings. The molecular weight excluding hydrogens is 392 g/mol. The largest absolute Gasteiger partial charge is 0.336 e. The first-order chi connectivity index (χ1) is 13.7. The molecule has 0 saturated heterocycles. The van der Waals surface area contributed by atoms with Crippen LogP contribution in [-0.2, 0) is 10.3 Å². The van der Waals surface area contributed by atoms with E-state index in [-0.39, 0.29) is 17.4 Å². The summed E-state index contributed by atoms with van der Waals surface area (Å²) in [6, 6.07) is 11.1. The van der Waals surface area contributed by atoms with Gasteiger partial charge < -0.3 is 4.90 Å². The molecule has 1 heterocycles. The predicted molar refractivity (Wildman–Crippen MR) is 114 cm³/mol. The maximum absolute atomic E-state index is 14.4. The van der Waals surface area contributed by atoms with Crippen molar-refractivity contribution in [2.45, 2.75) is 45.1 Å². The molecule has 29 heavy (non-hydrogen) atoms. The van der Waals surface area contributed by atoms with Gasteiger partial charge >= 0.3 is 0 Å². The summed E-state index contributed by atoms with van der Waals surface area (Å²) in [5.41, 5.74) is 1.15. The first-order valence-electron chi connectivity index (χ1n) is 9.55. The highest BCUT2D eigenvalue weighted by Crippen LogP contribution is 2.47. The fourth-order valence-electron chi connectivity index (χ4n) is 4.35. The van der Waals surface area contributed by atoms with Gasteiger partial charge in [-0.2, -0.15) is 0 Å². The van der Waals surface area contributed by atoms with Crippen LogP contribution < -0.4 is 10.7 Å². The van der Waals surface area contributed by atoms with Crippen molar-refractivity contribution in [1.82, 2.24) is 5.01 Å². The highest BCUT2D eigenvalue weighted by molar-refractivity contribution is 7.80. The minimum Gasteiger partial charge on any atom is -0.336 e. The van der Waals surface area contributed by atoms with Gasteiger partial charge in [0.15, 0.2) is 0 Å². The number of hydrogen-bond acceptors (Lipinski definition) is 3. The quantitative estimate of drug-likeness (QED) is 0.341. The number of rotatable bonds is 4. The van der Waals surface area contributed by atoms with E-state index in [1.54, 1.807) is 0 Å². The van der Waals surface area contributed by atoms with Crippen LogP contribution in [0, 0.1) is 11.6 Å². The third kappa shape index (κ3) is 3.89. The molecule has 0 fully saturated rings. The maximum Gasteiger partial charge on any atom is 0.234 e. The minimum atomic E-state index is -0.859. The third-order valence-electron chi connectivity index (χ3n) is 5.76. The standard InChI is InChI=1S/C22H25F2N3OS/c1-14(18-12-17(23)8-9-20(18)24)13-22(27(25)15(2)28)10-11-26(16(3)29)21-7-5-4-6-19(21)22/h4-9,12,14H,10-11,13,25H2,1-3H3. The van der Waals surface area contributed by atoms with Crippen LogP contribution in [0.5, 0.6) is 0 Å². The number of nitrogens with two attached hydrogens (primary N) is 1. The molecule has 0 bridgehead atoms. The Morgan fingerprint density at radius 3 is 2.62 bits per heavy atom. The van der Waals surface area contributed by atoms with Crippen molar-refractivity contribution in [3.8, 4) is 0 Å². The molecule has 1 aliphatic heterocycles. The van der Waals surface area contributed by atoms with Gasteiger partial charge in [-0.1, -0.05) is 37.3 Å². The molecule has 2 atom stereocenters. The fourth-order valence-corrected chi connectivity index (χ4v) is 4.54. The lowest BCUT2D eigenvalue weighted by Gasteiger charge is -2.49. The van der Waals surface area contributed by atoms with E-state index >= 15 is 0 Å². The minimum absolute atomic E-state index is 0.271. The Balaban J connectivity index is 2.12. The van der Waals surface area contributed by atoms with Gasteiger partial charge in [0.25, 0.3) is 0 Å². The van der Waals surface area contributed by atoms with Gasteiger partial charge in [-0.05, 0) is 55.5 Å². The summed E-state index contributed by atoms with van der Waals surface area (Å²) in [7, 11) is 0. The number of thiocarbonyl (C=S) groups is 1. The second kappa shape index (κ2) is 8.16. The lowest BCUT2D eigenvalue weighted by molar-refractivity contribution is -0.137. The molecule has 2 aromatic rings. The average molecular weight is 418 g/mol. The van der Waals surface area contributed by atoms with Crippen molar-refractivity contribution in [1.29, 1.82) is 0 Å². The van der Waals surface area contributed by atoms with Gasteiger partial charge in [-0.15, -0.1) is 0 Å². The van der Waals surface area contributed by atoms with Crippen molar-refractivity contribution in [2.24, 2.45) is 5.84 Å². The number of carbonyl (C=O) groups is 1. The summed E-state index contributed by atoms with van der Waals surface area (Å²) in [5, 5.41) is 1.25. The lowest BCUT2D eigenvalue weighted by Crippen LogP contribution is -2.57.